The molecule has 0 saturated carbocycles. The van der Waals surface area contributed by atoms with Crippen LogP contribution in [0.3, 0.4) is 0 Å². The molecule has 7 nitrogen and oxygen atoms in total. The summed E-state index contributed by atoms with van der Waals surface area (Å²) in [5.74, 6) is -1.75. The van der Waals surface area contributed by atoms with Gasteiger partial charge in [0.1, 0.15) is 11.8 Å². The van der Waals surface area contributed by atoms with E-state index in [2.05, 4.69) is 10.6 Å². The first-order valence-electron chi connectivity index (χ1n) is 5.70. The minimum atomic E-state index is -0.776. The molecule has 3 amide bonds. The molecule has 0 aliphatic carbocycles. The zero-order valence-electron chi connectivity index (χ0n) is 9.97. The zero-order chi connectivity index (χ0) is 14.0. The summed E-state index contributed by atoms with van der Waals surface area (Å²) in [5.41, 5.74) is 5.81. The Hall–Kier alpha value is -2.57. The van der Waals surface area contributed by atoms with Crippen molar-refractivity contribution >= 4 is 23.4 Å². The Morgan fingerprint density at radius 3 is 2.79 bits per heavy atom. The number of piperidine rings is 1. The van der Waals surface area contributed by atoms with Gasteiger partial charge in [0.2, 0.25) is 11.8 Å². The average Bonchev–Trinajstić information content (AvgIpc) is 2.32. The Kier molecular flexibility index (Phi) is 3.37. The molecule has 19 heavy (non-hydrogen) atoms. The summed E-state index contributed by atoms with van der Waals surface area (Å²) >= 11 is 0. The van der Waals surface area contributed by atoms with E-state index >= 15 is 0 Å². The van der Waals surface area contributed by atoms with Crippen molar-refractivity contribution in [2.45, 2.75) is 18.9 Å². The van der Waals surface area contributed by atoms with Crippen molar-refractivity contribution in [3.8, 4) is 5.75 Å². The van der Waals surface area contributed by atoms with Gasteiger partial charge in [-0.3, -0.25) is 19.7 Å². The van der Waals surface area contributed by atoms with Gasteiger partial charge in [0.25, 0.3) is 5.91 Å². The van der Waals surface area contributed by atoms with Crippen molar-refractivity contribution in [1.82, 2.24) is 10.6 Å². The summed E-state index contributed by atoms with van der Waals surface area (Å²) in [4.78, 5) is 34.3. The van der Waals surface area contributed by atoms with E-state index in [0.717, 1.165) is 0 Å². The molecular weight excluding hydrogens is 250 g/mol. The Bertz CT molecular complexity index is 556. The van der Waals surface area contributed by atoms with Crippen LogP contribution < -0.4 is 16.4 Å². The fourth-order valence-corrected chi connectivity index (χ4v) is 1.81. The molecule has 1 aliphatic heterocycles. The lowest BCUT2D eigenvalue weighted by Gasteiger charge is -2.21. The number of phenols is 1. The second-order valence-electron chi connectivity index (χ2n) is 4.25. The number of imide groups is 1. The van der Waals surface area contributed by atoms with Gasteiger partial charge in [-0.05, 0) is 18.6 Å². The summed E-state index contributed by atoms with van der Waals surface area (Å²) in [5, 5.41) is 14.2. The smallest absolute Gasteiger partial charge is 0.255 e. The van der Waals surface area contributed by atoms with E-state index in [4.69, 9.17) is 5.73 Å². The van der Waals surface area contributed by atoms with E-state index in [1.54, 1.807) is 0 Å². The van der Waals surface area contributed by atoms with Gasteiger partial charge >= 0.3 is 0 Å². The highest BCUT2D eigenvalue weighted by Crippen LogP contribution is 2.20. The highest BCUT2D eigenvalue weighted by molar-refractivity contribution is 6.04. The topological polar surface area (TPSA) is 122 Å². The fraction of sp³-hybridized carbons (Fsp3) is 0.250. The van der Waals surface area contributed by atoms with Gasteiger partial charge in [-0.15, -0.1) is 0 Å². The third-order valence-electron chi connectivity index (χ3n) is 2.81. The van der Waals surface area contributed by atoms with Crippen LogP contribution in [0, 0.1) is 0 Å². The molecule has 7 heteroatoms. The first-order chi connectivity index (χ1) is 8.97. The zero-order valence-corrected chi connectivity index (χ0v) is 9.97. The first kappa shape index (κ1) is 12.9. The predicted molar refractivity (Wildman–Crippen MR) is 66.2 cm³/mol. The molecule has 1 aliphatic rings. The molecule has 1 heterocycles. The predicted octanol–water partition coefficient (Wildman–Crippen LogP) is -0.491. The van der Waals surface area contributed by atoms with Crippen LogP contribution in [0.4, 0.5) is 5.69 Å². The van der Waals surface area contributed by atoms with Gasteiger partial charge in [-0.1, -0.05) is 0 Å². The minimum absolute atomic E-state index is 0.0268. The highest BCUT2D eigenvalue weighted by Gasteiger charge is 2.28. The van der Waals surface area contributed by atoms with Crippen molar-refractivity contribution < 1.29 is 19.5 Å². The standard InChI is InChI=1S/C12H13N3O4/c13-6-1-2-7(9(16)5-6)11(18)14-8-3-4-10(17)15-12(8)19/h1-2,5,8,16H,3-4,13H2,(H,14,18)(H,15,17,19). The van der Waals surface area contributed by atoms with E-state index in [-0.39, 0.29) is 30.1 Å². The molecule has 5 N–H and O–H groups in total. The van der Waals surface area contributed by atoms with Crippen LogP contribution in [0.1, 0.15) is 23.2 Å². The molecule has 1 atom stereocenters. The number of hydrogen-bond acceptors (Lipinski definition) is 5. The summed E-state index contributed by atoms with van der Waals surface area (Å²) in [6.07, 6.45) is 0.413. The summed E-state index contributed by atoms with van der Waals surface area (Å²) in [6, 6.07) is 3.31. The Morgan fingerprint density at radius 2 is 2.16 bits per heavy atom. The van der Waals surface area contributed by atoms with Crippen LogP contribution in [-0.4, -0.2) is 28.9 Å². The molecule has 100 valence electrons. The van der Waals surface area contributed by atoms with E-state index in [0.29, 0.717) is 5.69 Å². The van der Waals surface area contributed by atoms with Gasteiger partial charge in [0, 0.05) is 18.2 Å². The maximum Gasteiger partial charge on any atom is 0.255 e. The number of benzene rings is 1. The molecule has 0 radical (unpaired) electrons. The number of carbonyl (C=O) groups is 3. The summed E-state index contributed by atoms with van der Waals surface area (Å²) in [7, 11) is 0. The number of nitrogens with one attached hydrogen (secondary N) is 2. The molecule has 2 rings (SSSR count). The molecule has 1 aromatic rings. The van der Waals surface area contributed by atoms with E-state index in [9.17, 15) is 19.5 Å². The number of rotatable bonds is 2. The van der Waals surface area contributed by atoms with Crippen LogP contribution >= 0.6 is 0 Å². The quantitative estimate of drug-likeness (QED) is 0.423. The maximum absolute atomic E-state index is 11.9. The largest absolute Gasteiger partial charge is 0.507 e. The highest BCUT2D eigenvalue weighted by atomic mass is 16.3. The summed E-state index contributed by atoms with van der Waals surface area (Å²) < 4.78 is 0. The van der Waals surface area contributed by atoms with Crippen molar-refractivity contribution in [2.75, 3.05) is 5.73 Å². The van der Waals surface area contributed by atoms with Crippen molar-refractivity contribution in [3.05, 3.63) is 23.8 Å². The second kappa shape index (κ2) is 4.97. The number of anilines is 1. The average molecular weight is 263 g/mol. The SMILES string of the molecule is Nc1ccc(C(=O)NC2CCC(=O)NC2=O)c(O)c1. The van der Waals surface area contributed by atoms with Gasteiger partial charge in [-0.25, -0.2) is 0 Å². The number of phenolic OH excluding ortho intramolecular Hbond substituents is 1. The van der Waals surface area contributed by atoms with Crippen LogP contribution in [-0.2, 0) is 9.59 Å². The number of carbonyl (C=O) groups excluding carboxylic acids is 3. The third kappa shape index (κ3) is 2.82. The molecule has 1 fully saturated rings. The van der Waals surface area contributed by atoms with E-state index < -0.39 is 17.9 Å². The van der Waals surface area contributed by atoms with Crippen LogP contribution in [0.5, 0.6) is 5.75 Å². The lowest BCUT2D eigenvalue weighted by atomic mass is 10.1. The monoisotopic (exact) mass is 263 g/mol. The molecule has 0 bridgehead atoms. The van der Waals surface area contributed by atoms with E-state index in [1.165, 1.54) is 18.2 Å². The second-order valence-corrected chi connectivity index (χ2v) is 4.25. The van der Waals surface area contributed by atoms with E-state index in [1.807, 2.05) is 0 Å². The van der Waals surface area contributed by atoms with Gasteiger partial charge < -0.3 is 16.2 Å². The van der Waals surface area contributed by atoms with Crippen molar-refractivity contribution in [1.29, 1.82) is 0 Å². The lowest BCUT2D eigenvalue weighted by molar-refractivity contribution is -0.134. The number of nitrogens with two attached hydrogens (primary N) is 1. The molecule has 0 aromatic heterocycles. The molecule has 1 unspecified atom stereocenters. The normalized spacial score (nSPS) is 18.8. The van der Waals surface area contributed by atoms with Crippen LogP contribution in [0.15, 0.2) is 18.2 Å². The number of hydrogen-bond donors (Lipinski definition) is 4. The minimum Gasteiger partial charge on any atom is -0.507 e. The number of amides is 3. The van der Waals surface area contributed by atoms with Crippen molar-refractivity contribution in [3.63, 3.8) is 0 Å². The molecular formula is C12H13N3O4. The van der Waals surface area contributed by atoms with Gasteiger partial charge in [0.15, 0.2) is 0 Å². The molecule has 1 saturated heterocycles. The van der Waals surface area contributed by atoms with Crippen LogP contribution in [0.25, 0.3) is 0 Å². The number of nitrogen functional groups attached to an aromatic ring is 1. The van der Waals surface area contributed by atoms with Gasteiger partial charge in [0.05, 0.1) is 5.56 Å². The molecule has 0 spiro atoms. The Balaban J connectivity index is 2.09. The fourth-order valence-electron chi connectivity index (χ4n) is 1.81. The Labute approximate surface area is 108 Å². The first-order valence-corrected chi connectivity index (χ1v) is 5.70. The Morgan fingerprint density at radius 1 is 1.42 bits per heavy atom. The maximum atomic E-state index is 11.9. The molecule has 1 aromatic carbocycles. The number of aromatic hydroxyl groups is 1. The lowest BCUT2D eigenvalue weighted by Crippen LogP contribution is -2.52. The van der Waals surface area contributed by atoms with Gasteiger partial charge in [-0.2, -0.15) is 0 Å². The van der Waals surface area contributed by atoms with Crippen LogP contribution in [0.2, 0.25) is 0 Å². The van der Waals surface area contributed by atoms with Crippen molar-refractivity contribution in [2.24, 2.45) is 0 Å². The summed E-state index contributed by atoms with van der Waals surface area (Å²) in [6.45, 7) is 0. The third-order valence-corrected chi connectivity index (χ3v) is 2.81.